The quantitative estimate of drug-likeness (QED) is 0.563. The number of nitrogens with one attached hydrogen (secondary N) is 1. The number of methoxy groups -OCH3 is 1. The summed E-state index contributed by atoms with van der Waals surface area (Å²) in [5, 5.41) is 14.7. The van der Waals surface area contributed by atoms with Gasteiger partial charge in [0.25, 0.3) is 5.56 Å². The molecule has 0 spiro atoms. The van der Waals surface area contributed by atoms with Crippen molar-refractivity contribution in [1.82, 2.24) is 14.6 Å². The fourth-order valence-electron chi connectivity index (χ4n) is 2.66. The molecule has 2 aromatic carbocycles. The Kier molecular flexibility index (Phi) is 3.46. The van der Waals surface area contributed by atoms with Crippen LogP contribution in [-0.2, 0) is 0 Å². The third kappa shape index (κ3) is 2.51. The van der Waals surface area contributed by atoms with E-state index in [4.69, 9.17) is 4.74 Å². The highest BCUT2D eigenvalue weighted by atomic mass is 16.5. The second-order valence-electron chi connectivity index (χ2n) is 5.46. The molecule has 0 unspecified atom stereocenters. The van der Waals surface area contributed by atoms with Crippen LogP contribution < -0.4 is 10.3 Å². The Balaban J connectivity index is 1.84. The third-order valence-electron chi connectivity index (χ3n) is 3.95. The number of para-hydroxylation sites is 1. The van der Waals surface area contributed by atoms with E-state index in [1.165, 1.54) is 12.5 Å². The Morgan fingerprint density at radius 3 is 2.92 bits per heavy atom. The maximum absolute atomic E-state index is 12.6. The van der Waals surface area contributed by atoms with Gasteiger partial charge in [-0.2, -0.15) is 9.78 Å². The molecule has 7 nitrogen and oxygen atoms in total. The van der Waals surface area contributed by atoms with Gasteiger partial charge in [0.1, 0.15) is 28.9 Å². The van der Waals surface area contributed by atoms with Crippen LogP contribution in [0.3, 0.4) is 0 Å². The number of H-pyrrole nitrogens is 1. The normalized spacial score (nSPS) is 11.6. The van der Waals surface area contributed by atoms with Crippen molar-refractivity contribution in [3.63, 3.8) is 0 Å². The number of phenolic OH excluding ortho intramolecular Hbond substituents is 1. The molecule has 0 bridgehead atoms. The summed E-state index contributed by atoms with van der Waals surface area (Å²) in [6.45, 7) is 0. The van der Waals surface area contributed by atoms with E-state index >= 15 is 0 Å². The number of fused-ring (bicyclic) bond motifs is 3. The fourth-order valence-corrected chi connectivity index (χ4v) is 2.66. The van der Waals surface area contributed by atoms with Gasteiger partial charge >= 0.3 is 0 Å². The number of aromatic hydroxyl groups is 1. The number of ether oxygens (including phenoxy) is 1. The van der Waals surface area contributed by atoms with E-state index in [2.05, 4.69) is 15.1 Å². The van der Waals surface area contributed by atoms with E-state index in [1.807, 2.05) is 18.2 Å². The predicted octanol–water partition coefficient (Wildman–Crippen LogP) is 2.47. The first-order valence-electron chi connectivity index (χ1n) is 7.57. The molecule has 2 heterocycles. The van der Waals surface area contributed by atoms with E-state index in [1.54, 1.807) is 31.4 Å². The van der Waals surface area contributed by atoms with E-state index in [0.29, 0.717) is 22.3 Å². The zero-order chi connectivity index (χ0) is 17.4. The highest BCUT2D eigenvalue weighted by Crippen LogP contribution is 2.25. The Morgan fingerprint density at radius 2 is 2.12 bits per heavy atom. The Morgan fingerprint density at radius 1 is 1.28 bits per heavy atom. The number of aromatic nitrogens is 3. The first kappa shape index (κ1) is 14.9. The largest absolute Gasteiger partial charge is 0.507 e. The van der Waals surface area contributed by atoms with Gasteiger partial charge in [0.15, 0.2) is 0 Å². The molecule has 25 heavy (non-hydrogen) atoms. The summed E-state index contributed by atoms with van der Waals surface area (Å²) in [6, 6.07) is 12.2. The van der Waals surface area contributed by atoms with Crippen LogP contribution in [0, 0.1) is 0 Å². The van der Waals surface area contributed by atoms with Gasteiger partial charge in [-0.25, -0.2) is 4.98 Å². The lowest BCUT2D eigenvalue weighted by Crippen LogP contribution is -2.17. The maximum atomic E-state index is 12.6. The zero-order valence-electron chi connectivity index (χ0n) is 13.3. The summed E-state index contributed by atoms with van der Waals surface area (Å²) in [6.07, 6.45) is 2.77. The molecule has 2 N–H and O–H groups in total. The summed E-state index contributed by atoms with van der Waals surface area (Å²) in [4.78, 5) is 20.0. The van der Waals surface area contributed by atoms with Crippen LogP contribution in [0.1, 0.15) is 5.56 Å². The van der Waals surface area contributed by atoms with Crippen molar-refractivity contribution in [2.24, 2.45) is 5.10 Å². The van der Waals surface area contributed by atoms with Crippen molar-refractivity contribution in [3.05, 3.63) is 64.7 Å². The summed E-state index contributed by atoms with van der Waals surface area (Å²) < 4.78 is 6.33. The number of aromatic amines is 1. The van der Waals surface area contributed by atoms with Crippen LogP contribution in [0.25, 0.3) is 21.9 Å². The van der Waals surface area contributed by atoms with Gasteiger partial charge in [0.2, 0.25) is 0 Å². The molecule has 0 radical (unpaired) electrons. The average Bonchev–Trinajstić information content (AvgIpc) is 3.01. The lowest BCUT2D eigenvalue weighted by atomic mass is 10.2. The van der Waals surface area contributed by atoms with E-state index < -0.39 is 0 Å². The first-order chi connectivity index (χ1) is 12.2. The highest BCUT2D eigenvalue weighted by molar-refractivity contribution is 6.04. The lowest BCUT2D eigenvalue weighted by Gasteiger charge is -1.99. The van der Waals surface area contributed by atoms with Gasteiger partial charge in [0.05, 0.1) is 18.8 Å². The van der Waals surface area contributed by atoms with Crippen molar-refractivity contribution in [2.45, 2.75) is 0 Å². The van der Waals surface area contributed by atoms with E-state index in [0.717, 1.165) is 15.6 Å². The topological polar surface area (TPSA) is 92.5 Å². The molecule has 0 fully saturated rings. The molecule has 0 amide bonds. The molecule has 0 aliphatic carbocycles. The summed E-state index contributed by atoms with van der Waals surface area (Å²) in [5.41, 5.74) is 1.89. The standard InChI is InChI=1S/C18H14N4O3/c1-25-12-6-7-13-14(8-12)21-17-16(13)19-10-22(18(17)24)20-9-11-4-2-3-5-15(11)23/h2-10,21,23H,1H3/b20-9-. The molecular formula is C18H14N4O3. The molecule has 124 valence electrons. The zero-order valence-corrected chi connectivity index (χ0v) is 13.3. The number of hydrogen-bond donors (Lipinski definition) is 2. The minimum Gasteiger partial charge on any atom is -0.507 e. The monoisotopic (exact) mass is 334 g/mol. The molecule has 4 aromatic rings. The van der Waals surface area contributed by atoms with Crippen LogP contribution in [0.4, 0.5) is 0 Å². The number of rotatable bonds is 3. The molecular weight excluding hydrogens is 320 g/mol. The number of nitrogens with zero attached hydrogens (tertiary/aromatic N) is 3. The van der Waals surface area contributed by atoms with Crippen molar-refractivity contribution in [1.29, 1.82) is 0 Å². The summed E-state index contributed by atoms with van der Waals surface area (Å²) in [5.74, 6) is 0.781. The van der Waals surface area contributed by atoms with E-state index in [-0.39, 0.29) is 11.3 Å². The molecule has 0 saturated carbocycles. The Labute approximate surface area is 141 Å². The van der Waals surface area contributed by atoms with Crippen molar-refractivity contribution < 1.29 is 9.84 Å². The van der Waals surface area contributed by atoms with Crippen molar-refractivity contribution in [3.8, 4) is 11.5 Å². The van der Waals surface area contributed by atoms with Gasteiger partial charge in [-0.3, -0.25) is 4.79 Å². The lowest BCUT2D eigenvalue weighted by molar-refractivity contribution is 0.415. The Bertz CT molecular complexity index is 1170. The number of phenols is 1. The van der Waals surface area contributed by atoms with Crippen LogP contribution in [0.2, 0.25) is 0 Å². The van der Waals surface area contributed by atoms with Crippen LogP contribution in [0.5, 0.6) is 11.5 Å². The number of benzene rings is 2. The fraction of sp³-hybridized carbons (Fsp3) is 0.0556. The minimum atomic E-state index is -0.327. The van der Waals surface area contributed by atoms with Crippen LogP contribution in [0.15, 0.2) is 58.7 Å². The molecule has 2 aromatic heterocycles. The van der Waals surface area contributed by atoms with Gasteiger partial charge in [-0.15, -0.1) is 0 Å². The molecule has 4 rings (SSSR count). The summed E-state index contributed by atoms with van der Waals surface area (Å²) >= 11 is 0. The minimum absolute atomic E-state index is 0.0889. The van der Waals surface area contributed by atoms with Crippen molar-refractivity contribution >= 4 is 28.2 Å². The van der Waals surface area contributed by atoms with Gasteiger partial charge in [0, 0.05) is 17.0 Å². The molecule has 7 heteroatoms. The Hall–Kier alpha value is -3.61. The third-order valence-corrected chi connectivity index (χ3v) is 3.95. The van der Waals surface area contributed by atoms with Gasteiger partial charge < -0.3 is 14.8 Å². The van der Waals surface area contributed by atoms with Gasteiger partial charge in [-0.1, -0.05) is 12.1 Å². The van der Waals surface area contributed by atoms with Gasteiger partial charge in [-0.05, 0) is 24.3 Å². The second kappa shape index (κ2) is 5.79. The summed E-state index contributed by atoms with van der Waals surface area (Å²) in [7, 11) is 1.59. The SMILES string of the molecule is COc1ccc2c(c1)[nH]c1c(=O)n(/N=C\c3ccccc3O)cnc12. The van der Waals surface area contributed by atoms with Crippen LogP contribution >= 0.6 is 0 Å². The van der Waals surface area contributed by atoms with Crippen LogP contribution in [-0.4, -0.2) is 33.1 Å². The number of hydrogen-bond acceptors (Lipinski definition) is 5. The molecule has 0 aliphatic heterocycles. The molecule has 0 atom stereocenters. The average molecular weight is 334 g/mol. The van der Waals surface area contributed by atoms with Crippen molar-refractivity contribution in [2.75, 3.05) is 7.11 Å². The predicted molar refractivity (Wildman–Crippen MR) is 95.5 cm³/mol. The first-order valence-corrected chi connectivity index (χ1v) is 7.57. The molecule has 0 saturated heterocycles. The molecule has 0 aliphatic rings. The maximum Gasteiger partial charge on any atom is 0.298 e. The smallest absolute Gasteiger partial charge is 0.298 e. The highest BCUT2D eigenvalue weighted by Gasteiger charge is 2.11. The second-order valence-corrected chi connectivity index (χ2v) is 5.46. The van der Waals surface area contributed by atoms with E-state index in [9.17, 15) is 9.90 Å².